The quantitative estimate of drug-likeness (QED) is 0.684. The SMILES string of the molecule is Cc1cc(Br)ccc1C(=O)NC(C)c1nc(-c2cccnc2)cs1. The monoisotopic (exact) mass is 401 g/mol. The molecule has 0 saturated carbocycles. The van der Waals surface area contributed by atoms with Gasteiger partial charge in [0.2, 0.25) is 0 Å². The van der Waals surface area contributed by atoms with Crippen molar-refractivity contribution in [3.63, 3.8) is 0 Å². The molecule has 1 unspecified atom stereocenters. The van der Waals surface area contributed by atoms with Crippen molar-refractivity contribution in [2.75, 3.05) is 0 Å². The van der Waals surface area contributed by atoms with Crippen LogP contribution in [-0.4, -0.2) is 15.9 Å². The number of carbonyl (C=O) groups is 1. The van der Waals surface area contributed by atoms with Crippen molar-refractivity contribution >= 4 is 33.2 Å². The molecular formula is C18H16BrN3OS. The van der Waals surface area contributed by atoms with E-state index < -0.39 is 0 Å². The zero-order valence-corrected chi connectivity index (χ0v) is 15.7. The van der Waals surface area contributed by atoms with Gasteiger partial charge >= 0.3 is 0 Å². The van der Waals surface area contributed by atoms with Gasteiger partial charge < -0.3 is 5.32 Å². The van der Waals surface area contributed by atoms with E-state index in [0.717, 1.165) is 26.3 Å². The normalized spacial score (nSPS) is 12.0. The van der Waals surface area contributed by atoms with Gasteiger partial charge in [0.25, 0.3) is 5.91 Å². The molecule has 3 aromatic rings. The summed E-state index contributed by atoms with van der Waals surface area (Å²) in [6.07, 6.45) is 3.52. The maximum absolute atomic E-state index is 12.5. The molecule has 1 amide bonds. The molecule has 6 heteroatoms. The number of hydrogen-bond donors (Lipinski definition) is 1. The van der Waals surface area contributed by atoms with Crippen LogP contribution in [0, 0.1) is 6.92 Å². The Kier molecular flexibility index (Phi) is 5.06. The van der Waals surface area contributed by atoms with E-state index in [-0.39, 0.29) is 11.9 Å². The number of aromatic nitrogens is 2. The highest BCUT2D eigenvalue weighted by molar-refractivity contribution is 9.10. The van der Waals surface area contributed by atoms with Gasteiger partial charge in [0.05, 0.1) is 11.7 Å². The maximum Gasteiger partial charge on any atom is 0.252 e. The standard InChI is InChI=1S/C18H16BrN3OS/c1-11-8-14(19)5-6-15(11)17(23)21-12(2)18-22-16(10-24-18)13-4-3-7-20-9-13/h3-10,12H,1-2H3,(H,21,23). The van der Waals surface area contributed by atoms with Crippen molar-refractivity contribution < 1.29 is 4.79 Å². The van der Waals surface area contributed by atoms with Gasteiger partial charge in [-0.1, -0.05) is 15.9 Å². The molecule has 2 heterocycles. The molecule has 1 atom stereocenters. The number of nitrogens with zero attached hydrogens (tertiary/aromatic N) is 2. The largest absolute Gasteiger partial charge is 0.343 e. The van der Waals surface area contributed by atoms with Gasteiger partial charge in [-0.15, -0.1) is 11.3 Å². The van der Waals surface area contributed by atoms with E-state index in [2.05, 4.69) is 31.2 Å². The van der Waals surface area contributed by atoms with Gasteiger partial charge in [-0.25, -0.2) is 4.98 Å². The van der Waals surface area contributed by atoms with E-state index >= 15 is 0 Å². The van der Waals surface area contributed by atoms with Crippen molar-refractivity contribution in [2.24, 2.45) is 0 Å². The first-order valence-electron chi connectivity index (χ1n) is 7.47. The molecule has 2 aromatic heterocycles. The molecule has 1 N–H and O–H groups in total. The Morgan fingerprint density at radius 1 is 1.33 bits per heavy atom. The number of thiazole rings is 1. The fourth-order valence-corrected chi connectivity index (χ4v) is 3.66. The molecule has 3 rings (SSSR count). The lowest BCUT2D eigenvalue weighted by molar-refractivity contribution is 0.0939. The predicted molar refractivity (Wildman–Crippen MR) is 100 cm³/mol. The van der Waals surface area contributed by atoms with Crippen LogP contribution >= 0.6 is 27.3 Å². The number of carbonyl (C=O) groups excluding carboxylic acids is 1. The fraction of sp³-hybridized carbons (Fsp3) is 0.167. The Morgan fingerprint density at radius 3 is 2.88 bits per heavy atom. The second kappa shape index (κ2) is 7.23. The Balaban J connectivity index is 1.74. The second-order valence-corrected chi connectivity index (χ2v) is 7.27. The van der Waals surface area contributed by atoms with Crippen LogP contribution in [-0.2, 0) is 0 Å². The molecule has 0 aliphatic heterocycles. The molecule has 0 bridgehead atoms. The van der Waals surface area contributed by atoms with Crippen LogP contribution in [0.3, 0.4) is 0 Å². The molecule has 1 aromatic carbocycles. The predicted octanol–water partition coefficient (Wildman–Crippen LogP) is 4.77. The van der Waals surface area contributed by atoms with Gasteiger partial charge in [0.15, 0.2) is 0 Å². The van der Waals surface area contributed by atoms with Gasteiger partial charge in [-0.05, 0) is 49.7 Å². The number of halogens is 1. The van der Waals surface area contributed by atoms with E-state index in [1.54, 1.807) is 12.4 Å². The molecule has 0 spiro atoms. The van der Waals surface area contributed by atoms with Crippen LogP contribution < -0.4 is 5.32 Å². The highest BCUT2D eigenvalue weighted by atomic mass is 79.9. The average Bonchev–Trinajstić information content (AvgIpc) is 3.05. The number of pyridine rings is 1. The number of rotatable bonds is 4. The lowest BCUT2D eigenvalue weighted by atomic mass is 10.1. The Bertz CT molecular complexity index is 864. The van der Waals surface area contributed by atoms with Crippen molar-refractivity contribution in [2.45, 2.75) is 19.9 Å². The van der Waals surface area contributed by atoms with Crippen LogP contribution in [0.2, 0.25) is 0 Å². The van der Waals surface area contributed by atoms with Crippen LogP contribution in [0.25, 0.3) is 11.3 Å². The second-order valence-electron chi connectivity index (χ2n) is 5.47. The maximum atomic E-state index is 12.5. The summed E-state index contributed by atoms with van der Waals surface area (Å²) < 4.78 is 0.964. The lowest BCUT2D eigenvalue weighted by Gasteiger charge is -2.13. The number of aryl methyl sites for hydroxylation is 1. The minimum atomic E-state index is -0.157. The Hall–Kier alpha value is -2.05. The van der Waals surface area contributed by atoms with Crippen LogP contribution in [0.5, 0.6) is 0 Å². The summed E-state index contributed by atoms with van der Waals surface area (Å²) in [6, 6.07) is 9.33. The molecule has 4 nitrogen and oxygen atoms in total. The summed E-state index contributed by atoms with van der Waals surface area (Å²) in [6.45, 7) is 3.87. The zero-order valence-electron chi connectivity index (χ0n) is 13.3. The Morgan fingerprint density at radius 2 is 2.17 bits per heavy atom. The lowest BCUT2D eigenvalue weighted by Crippen LogP contribution is -2.27. The first-order valence-corrected chi connectivity index (χ1v) is 9.14. The summed E-state index contributed by atoms with van der Waals surface area (Å²) in [5.74, 6) is -0.0920. The molecular weight excluding hydrogens is 386 g/mol. The average molecular weight is 402 g/mol. The minimum Gasteiger partial charge on any atom is -0.343 e. The van der Waals surface area contributed by atoms with Gasteiger partial charge in [-0.3, -0.25) is 9.78 Å². The van der Waals surface area contributed by atoms with E-state index in [4.69, 9.17) is 0 Å². The number of nitrogens with one attached hydrogen (secondary N) is 1. The summed E-state index contributed by atoms with van der Waals surface area (Å²) in [5, 5.41) is 5.87. The number of hydrogen-bond acceptors (Lipinski definition) is 4. The summed E-state index contributed by atoms with van der Waals surface area (Å²) >= 11 is 4.95. The van der Waals surface area contributed by atoms with Crippen LogP contribution in [0.4, 0.5) is 0 Å². The highest BCUT2D eigenvalue weighted by Gasteiger charge is 2.16. The molecule has 122 valence electrons. The van der Waals surface area contributed by atoms with Crippen LogP contribution in [0.1, 0.15) is 33.9 Å². The topological polar surface area (TPSA) is 54.9 Å². The van der Waals surface area contributed by atoms with Gasteiger partial charge in [0.1, 0.15) is 5.01 Å². The molecule has 0 aliphatic rings. The highest BCUT2D eigenvalue weighted by Crippen LogP contribution is 2.25. The Labute approximate surface area is 153 Å². The van der Waals surface area contributed by atoms with E-state index in [1.807, 2.05) is 49.6 Å². The molecule has 0 fully saturated rings. The summed E-state index contributed by atoms with van der Waals surface area (Å²) in [5.41, 5.74) is 3.46. The van der Waals surface area contributed by atoms with Gasteiger partial charge in [-0.2, -0.15) is 0 Å². The first-order chi connectivity index (χ1) is 11.5. The first kappa shape index (κ1) is 16.8. The third-order valence-corrected chi connectivity index (χ3v) is 5.15. The van der Waals surface area contributed by atoms with Gasteiger partial charge in [0, 0.05) is 33.4 Å². The van der Waals surface area contributed by atoms with E-state index in [9.17, 15) is 4.79 Å². The van der Waals surface area contributed by atoms with E-state index in [1.165, 1.54) is 11.3 Å². The molecule has 0 radical (unpaired) electrons. The summed E-state index contributed by atoms with van der Waals surface area (Å²) in [7, 11) is 0. The van der Waals surface area contributed by atoms with Crippen molar-refractivity contribution in [1.29, 1.82) is 0 Å². The third kappa shape index (κ3) is 3.71. The van der Waals surface area contributed by atoms with Crippen molar-refractivity contribution in [1.82, 2.24) is 15.3 Å². The smallest absolute Gasteiger partial charge is 0.252 e. The molecule has 24 heavy (non-hydrogen) atoms. The number of benzene rings is 1. The number of amides is 1. The fourth-order valence-electron chi connectivity index (χ4n) is 2.35. The van der Waals surface area contributed by atoms with Crippen LogP contribution in [0.15, 0.2) is 52.6 Å². The summed E-state index contributed by atoms with van der Waals surface area (Å²) in [4.78, 5) is 21.2. The van der Waals surface area contributed by atoms with E-state index in [0.29, 0.717) is 5.56 Å². The zero-order chi connectivity index (χ0) is 17.1. The molecule has 0 saturated heterocycles. The minimum absolute atomic E-state index is 0.0920. The van der Waals surface area contributed by atoms with Crippen molar-refractivity contribution in [3.8, 4) is 11.3 Å². The third-order valence-electron chi connectivity index (χ3n) is 3.63. The molecule has 0 aliphatic carbocycles. The van der Waals surface area contributed by atoms with Crippen molar-refractivity contribution in [3.05, 3.63) is 68.7 Å².